The lowest BCUT2D eigenvalue weighted by Gasteiger charge is -2.42. The lowest BCUT2D eigenvalue weighted by molar-refractivity contribution is -0.0495. The van der Waals surface area contributed by atoms with E-state index in [1.54, 1.807) is 6.07 Å². The van der Waals surface area contributed by atoms with Crippen molar-refractivity contribution in [3.63, 3.8) is 0 Å². The fraction of sp³-hybridized carbons (Fsp3) is 0.571. The van der Waals surface area contributed by atoms with Gasteiger partial charge in [-0.15, -0.1) is 0 Å². The Morgan fingerprint density at radius 2 is 1.94 bits per heavy atom. The molecule has 2 aliphatic heterocycles. The Balaban J connectivity index is 1.93. The van der Waals surface area contributed by atoms with E-state index in [1.807, 2.05) is 6.07 Å². The number of benzene rings is 1. The molecule has 0 amide bonds. The Morgan fingerprint density at radius 3 is 2.53 bits per heavy atom. The van der Waals surface area contributed by atoms with Gasteiger partial charge in [0.15, 0.2) is 0 Å². The van der Waals surface area contributed by atoms with E-state index >= 15 is 0 Å². The van der Waals surface area contributed by atoms with Crippen LogP contribution in [0.25, 0.3) is 0 Å². The maximum atomic E-state index is 13.3. The molecule has 0 saturated carbocycles. The summed E-state index contributed by atoms with van der Waals surface area (Å²) in [5.74, 6) is -0.262. The van der Waals surface area contributed by atoms with E-state index in [9.17, 15) is 9.50 Å². The van der Waals surface area contributed by atoms with E-state index in [-0.39, 0.29) is 5.82 Å². The fourth-order valence-corrected chi connectivity index (χ4v) is 3.46. The van der Waals surface area contributed by atoms with Crippen LogP contribution < -0.4 is 0 Å². The summed E-state index contributed by atoms with van der Waals surface area (Å²) in [7, 11) is 2.13. The van der Waals surface area contributed by atoms with Gasteiger partial charge < -0.3 is 10.0 Å². The van der Waals surface area contributed by atoms with Gasteiger partial charge in [-0.1, -0.05) is 12.1 Å². The summed E-state index contributed by atoms with van der Waals surface area (Å²) >= 11 is 0. The van der Waals surface area contributed by atoms with Gasteiger partial charge in [0.25, 0.3) is 0 Å². The highest BCUT2D eigenvalue weighted by Gasteiger charge is 2.46. The maximum Gasteiger partial charge on any atom is 0.123 e. The lowest BCUT2D eigenvalue weighted by Crippen LogP contribution is -2.47. The molecule has 3 rings (SSSR count). The summed E-state index contributed by atoms with van der Waals surface area (Å²) in [4.78, 5) is 2.37. The first-order valence-electron chi connectivity index (χ1n) is 6.29. The monoisotopic (exact) mass is 235 g/mol. The summed E-state index contributed by atoms with van der Waals surface area (Å²) in [6, 6.07) is 7.32. The van der Waals surface area contributed by atoms with Crippen LogP contribution in [0.1, 0.15) is 31.2 Å². The van der Waals surface area contributed by atoms with Crippen molar-refractivity contribution in [3.8, 4) is 0 Å². The highest BCUT2D eigenvalue weighted by atomic mass is 19.1. The number of fused-ring (bicyclic) bond motifs is 2. The van der Waals surface area contributed by atoms with Crippen LogP contribution in [0.2, 0.25) is 0 Å². The largest absolute Gasteiger partial charge is 0.385 e. The van der Waals surface area contributed by atoms with Crippen LogP contribution in [0.15, 0.2) is 24.3 Å². The van der Waals surface area contributed by atoms with Gasteiger partial charge in [-0.3, -0.25) is 0 Å². The molecule has 3 heteroatoms. The fourth-order valence-electron chi connectivity index (χ4n) is 3.46. The number of halogens is 1. The molecule has 2 atom stereocenters. The van der Waals surface area contributed by atoms with Crippen molar-refractivity contribution in [2.75, 3.05) is 7.05 Å². The van der Waals surface area contributed by atoms with Gasteiger partial charge in [0, 0.05) is 12.1 Å². The molecule has 2 nitrogen and oxygen atoms in total. The molecule has 2 aliphatic rings. The van der Waals surface area contributed by atoms with E-state index in [1.165, 1.54) is 12.1 Å². The van der Waals surface area contributed by atoms with Crippen LogP contribution in [0, 0.1) is 5.82 Å². The third-order valence-corrected chi connectivity index (χ3v) is 4.49. The lowest BCUT2D eigenvalue weighted by atomic mass is 9.81. The summed E-state index contributed by atoms with van der Waals surface area (Å²) < 4.78 is 13.3. The minimum atomic E-state index is -0.833. The molecule has 0 aliphatic carbocycles. The van der Waals surface area contributed by atoms with Crippen LogP contribution in [0.4, 0.5) is 4.39 Å². The quantitative estimate of drug-likeness (QED) is 0.807. The molecule has 92 valence electrons. The van der Waals surface area contributed by atoms with E-state index in [0.717, 1.165) is 31.2 Å². The topological polar surface area (TPSA) is 23.5 Å². The van der Waals surface area contributed by atoms with Crippen molar-refractivity contribution in [3.05, 3.63) is 35.6 Å². The highest BCUT2D eigenvalue weighted by Crippen LogP contribution is 2.44. The summed E-state index contributed by atoms with van der Waals surface area (Å²) in [5, 5.41) is 10.8. The molecular formula is C14H18FNO. The number of rotatable bonds is 1. The zero-order valence-electron chi connectivity index (χ0n) is 10.1. The standard InChI is InChI=1S/C14H18FNO/c1-16-12-5-6-13(16)9-14(17,8-12)10-3-2-4-11(15)7-10/h2-4,7,12-13,17H,5-6,8-9H2,1H3. The molecule has 2 bridgehead atoms. The average Bonchev–Trinajstić information content (AvgIpc) is 2.53. The molecule has 0 aromatic heterocycles. The SMILES string of the molecule is CN1C2CCC1CC(O)(c1cccc(F)c1)C2. The van der Waals surface area contributed by atoms with E-state index in [4.69, 9.17) is 0 Å². The number of hydrogen-bond acceptors (Lipinski definition) is 2. The molecule has 1 aromatic rings. The predicted molar refractivity (Wildman–Crippen MR) is 64.1 cm³/mol. The summed E-state index contributed by atoms with van der Waals surface area (Å²) in [6.07, 6.45) is 3.75. The van der Waals surface area contributed by atoms with Crippen LogP contribution in [-0.2, 0) is 5.60 Å². The maximum absolute atomic E-state index is 13.3. The van der Waals surface area contributed by atoms with Gasteiger partial charge in [-0.25, -0.2) is 4.39 Å². The zero-order valence-corrected chi connectivity index (χ0v) is 10.1. The van der Waals surface area contributed by atoms with Crippen LogP contribution in [0.3, 0.4) is 0 Å². The molecule has 2 saturated heterocycles. The number of aliphatic hydroxyl groups is 1. The van der Waals surface area contributed by atoms with Gasteiger partial charge in [-0.2, -0.15) is 0 Å². The van der Waals surface area contributed by atoms with Gasteiger partial charge in [0.1, 0.15) is 5.82 Å². The third-order valence-electron chi connectivity index (χ3n) is 4.49. The van der Waals surface area contributed by atoms with Gasteiger partial charge in [-0.05, 0) is 50.4 Å². The Bertz CT molecular complexity index is 420. The molecular weight excluding hydrogens is 217 g/mol. The Morgan fingerprint density at radius 1 is 1.29 bits per heavy atom. The second kappa shape index (κ2) is 3.79. The average molecular weight is 235 g/mol. The smallest absolute Gasteiger partial charge is 0.123 e. The Hall–Kier alpha value is -0.930. The second-order valence-corrected chi connectivity index (χ2v) is 5.50. The van der Waals surface area contributed by atoms with E-state index in [2.05, 4.69) is 11.9 Å². The predicted octanol–water partition coefficient (Wildman–Crippen LogP) is 2.27. The minimum absolute atomic E-state index is 0.262. The highest BCUT2D eigenvalue weighted by molar-refractivity contribution is 5.25. The Kier molecular flexibility index (Phi) is 2.49. The van der Waals surface area contributed by atoms with Crippen molar-refractivity contribution in [1.29, 1.82) is 0 Å². The normalized spacial score (nSPS) is 37.4. The zero-order chi connectivity index (χ0) is 12.0. The van der Waals surface area contributed by atoms with Crippen LogP contribution in [0.5, 0.6) is 0 Å². The van der Waals surface area contributed by atoms with Gasteiger partial charge in [0.05, 0.1) is 5.60 Å². The molecule has 1 aromatic carbocycles. The summed E-state index contributed by atoms with van der Waals surface area (Å²) in [6.45, 7) is 0. The molecule has 2 fully saturated rings. The minimum Gasteiger partial charge on any atom is -0.385 e. The van der Waals surface area contributed by atoms with E-state index in [0.29, 0.717) is 12.1 Å². The molecule has 2 unspecified atom stereocenters. The molecule has 2 heterocycles. The molecule has 0 radical (unpaired) electrons. The first kappa shape index (κ1) is 11.2. The van der Waals surface area contributed by atoms with Crippen molar-refractivity contribution in [2.24, 2.45) is 0 Å². The molecule has 17 heavy (non-hydrogen) atoms. The number of piperidine rings is 1. The third kappa shape index (κ3) is 1.78. The molecule has 1 N–H and O–H groups in total. The summed E-state index contributed by atoms with van der Waals surface area (Å²) in [5.41, 5.74) is -0.0945. The first-order valence-corrected chi connectivity index (χ1v) is 6.29. The van der Waals surface area contributed by atoms with E-state index < -0.39 is 5.60 Å². The molecule has 0 spiro atoms. The van der Waals surface area contributed by atoms with Crippen molar-refractivity contribution in [1.82, 2.24) is 4.90 Å². The van der Waals surface area contributed by atoms with Crippen molar-refractivity contribution < 1.29 is 9.50 Å². The second-order valence-electron chi connectivity index (χ2n) is 5.50. The van der Waals surface area contributed by atoms with Gasteiger partial charge >= 0.3 is 0 Å². The number of nitrogens with zero attached hydrogens (tertiary/aromatic N) is 1. The van der Waals surface area contributed by atoms with Crippen molar-refractivity contribution in [2.45, 2.75) is 43.4 Å². The van der Waals surface area contributed by atoms with Gasteiger partial charge in [0.2, 0.25) is 0 Å². The van der Waals surface area contributed by atoms with Crippen LogP contribution in [-0.4, -0.2) is 29.1 Å². The van der Waals surface area contributed by atoms with Crippen molar-refractivity contribution >= 4 is 0 Å². The van der Waals surface area contributed by atoms with Crippen LogP contribution >= 0.6 is 0 Å². The Labute approximate surface area is 101 Å². The number of hydrogen-bond donors (Lipinski definition) is 1. The first-order chi connectivity index (χ1) is 8.08.